The van der Waals surface area contributed by atoms with Gasteiger partial charge in [-0.15, -0.1) is 0 Å². The Morgan fingerprint density at radius 2 is 2.19 bits per heavy atom. The normalized spacial score (nSPS) is 9.62. The van der Waals surface area contributed by atoms with Gasteiger partial charge in [0, 0.05) is 4.47 Å². The van der Waals surface area contributed by atoms with Gasteiger partial charge in [0.2, 0.25) is 0 Å². The van der Waals surface area contributed by atoms with Crippen molar-refractivity contribution in [2.24, 2.45) is 0 Å². The van der Waals surface area contributed by atoms with Crippen LogP contribution in [-0.2, 0) is 4.74 Å². The Bertz CT molecular complexity index is 419. The summed E-state index contributed by atoms with van der Waals surface area (Å²) >= 11 is 3.16. The van der Waals surface area contributed by atoms with Gasteiger partial charge in [0.1, 0.15) is 0 Å². The number of carboxylic acids is 1. The maximum atomic E-state index is 11.1. The molecule has 0 atom stereocenters. The molecule has 86 valence electrons. The maximum absolute atomic E-state index is 11.1. The summed E-state index contributed by atoms with van der Waals surface area (Å²) in [7, 11) is 0. The van der Waals surface area contributed by atoms with Gasteiger partial charge in [0.15, 0.2) is 0 Å². The van der Waals surface area contributed by atoms with Gasteiger partial charge < -0.3 is 9.84 Å². The first kappa shape index (κ1) is 12.5. The van der Waals surface area contributed by atoms with Crippen LogP contribution in [0.2, 0.25) is 0 Å². The minimum Gasteiger partial charge on any atom is -0.478 e. The second-order valence-electron chi connectivity index (χ2n) is 2.85. The maximum Gasteiger partial charge on any atom is 0.411 e. The summed E-state index contributed by atoms with van der Waals surface area (Å²) in [5, 5.41) is 11.2. The minimum absolute atomic E-state index is 0.140. The molecule has 1 aromatic carbocycles. The zero-order chi connectivity index (χ0) is 12.1. The van der Waals surface area contributed by atoms with E-state index in [2.05, 4.69) is 21.2 Å². The molecule has 0 bridgehead atoms. The molecular formula is C10H10BrNO4. The Kier molecular flexibility index (Phi) is 4.30. The van der Waals surface area contributed by atoms with E-state index in [0.29, 0.717) is 10.2 Å². The van der Waals surface area contributed by atoms with Crippen molar-refractivity contribution in [2.45, 2.75) is 6.92 Å². The van der Waals surface area contributed by atoms with E-state index in [0.717, 1.165) is 0 Å². The van der Waals surface area contributed by atoms with Crippen molar-refractivity contribution in [1.29, 1.82) is 0 Å². The van der Waals surface area contributed by atoms with Gasteiger partial charge in [-0.1, -0.05) is 0 Å². The van der Waals surface area contributed by atoms with Crippen LogP contribution in [-0.4, -0.2) is 23.8 Å². The number of carbonyl (C=O) groups is 2. The lowest BCUT2D eigenvalue weighted by atomic mass is 10.2. The van der Waals surface area contributed by atoms with Crippen LogP contribution < -0.4 is 5.32 Å². The largest absolute Gasteiger partial charge is 0.478 e. The predicted octanol–water partition coefficient (Wildman–Crippen LogP) is 2.72. The second kappa shape index (κ2) is 5.50. The Labute approximate surface area is 101 Å². The van der Waals surface area contributed by atoms with Crippen molar-refractivity contribution in [1.82, 2.24) is 0 Å². The number of anilines is 1. The first-order valence-corrected chi connectivity index (χ1v) is 5.30. The summed E-state index contributed by atoms with van der Waals surface area (Å²) in [5.74, 6) is -1.02. The van der Waals surface area contributed by atoms with E-state index in [1.165, 1.54) is 18.2 Å². The number of hydrogen-bond acceptors (Lipinski definition) is 3. The van der Waals surface area contributed by atoms with E-state index in [1.807, 2.05) is 0 Å². The number of aromatic carboxylic acids is 1. The fraction of sp³-hybridized carbons (Fsp3) is 0.200. The van der Waals surface area contributed by atoms with Gasteiger partial charge in [-0.3, -0.25) is 5.32 Å². The van der Waals surface area contributed by atoms with Crippen molar-refractivity contribution in [3.63, 3.8) is 0 Å². The minimum atomic E-state index is -1.02. The topological polar surface area (TPSA) is 75.6 Å². The van der Waals surface area contributed by atoms with Gasteiger partial charge >= 0.3 is 12.1 Å². The molecular weight excluding hydrogens is 278 g/mol. The fourth-order valence-electron chi connectivity index (χ4n) is 1.03. The van der Waals surface area contributed by atoms with Gasteiger partial charge in [-0.2, -0.15) is 0 Å². The lowest BCUT2D eigenvalue weighted by Gasteiger charge is -2.07. The SMILES string of the molecule is CCOC(=O)Nc1ccc(C(=O)O)cc1Br. The number of benzene rings is 1. The molecule has 0 saturated heterocycles. The van der Waals surface area contributed by atoms with E-state index >= 15 is 0 Å². The monoisotopic (exact) mass is 287 g/mol. The summed E-state index contributed by atoms with van der Waals surface area (Å²) in [4.78, 5) is 21.8. The van der Waals surface area contributed by atoms with Crippen LogP contribution in [0, 0.1) is 0 Å². The van der Waals surface area contributed by atoms with Crippen LogP contribution in [0.25, 0.3) is 0 Å². The molecule has 2 N–H and O–H groups in total. The van der Waals surface area contributed by atoms with E-state index < -0.39 is 12.1 Å². The number of rotatable bonds is 3. The molecule has 5 nitrogen and oxygen atoms in total. The molecule has 0 unspecified atom stereocenters. The zero-order valence-electron chi connectivity index (χ0n) is 8.49. The van der Waals surface area contributed by atoms with Gasteiger partial charge in [-0.05, 0) is 41.1 Å². The van der Waals surface area contributed by atoms with Crippen molar-refractivity contribution >= 4 is 33.7 Å². The molecule has 1 amide bonds. The average molecular weight is 288 g/mol. The molecule has 0 aromatic heterocycles. The third kappa shape index (κ3) is 3.23. The standard InChI is InChI=1S/C10H10BrNO4/c1-2-16-10(15)12-8-4-3-6(9(13)14)5-7(8)11/h3-5H,2H2,1H3,(H,12,15)(H,13,14). The summed E-state index contributed by atoms with van der Waals surface area (Å²) < 4.78 is 5.18. The predicted molar refractivity (Wildman–Crippen MR) is 61.7 cm³/mol. The van der Waals surface area contributed by atoms with Gasteiger partial charge in [0.05, 0.1) is 17.9 Å². The number of halogens is 1. The van der Waals surface area contributed by atoms with Crippen molar-refractivity contribution in [3.8, 4) is 0 Å². The molecule has 1 rings (SSSR count). The van der Waals surface area contributed by atoms with E-state index in [-0.39, 0.29) is 12.2 Å². The molecule has 0 heterocycles. The smallest absolute Gasteiger partial charge is 0.411 e. The highest BCUT2D eigenvalue weighted by atomic mass is 79.9. The molecule has 0 radical (unpaired) electrons. The van der Waals surface area contributed by atoms with E-state index in [4.69, 9.17) is 9.84 Å². The van der Waals surface area contributed by atoms with E-state index in [1.54, 1.807) is 6.92 Å². The number of carboxylic acid groups (broad SMARTS) is 1. The lowest BCUT2D eigenvalue weighted by Crippen LogP contribution is -2.13. The van der Waals surface area contributed by atoms with E-state index in [9.17, 15) is 9.59 Å². The van der Waals surface area contributed by atoms with Crippen LogP contribution in [0.4, 0.5) is 10.5 Å². The third-order valence-electron chi connectivity index (χ3n) is 1.73. The quantitative estimate of drug-likeness (QED) is 0.896. The van der Waals surface area contributed by atoms with Crippen LogP contribution in [0.5, 0.6) is 0 Å². The number of hydrogen-bond donors (Lipinski definition) is 2. The second-order valence-corrected chi connectivity index (χ2v) is 3.70. The number of carbonyl (C=O) groups excluding carboxylic acids is 1. The van der Waals surface area contributed by atoms with Crippen molar-refractivity contribution in [2.75, 3.05) is 11.9 Å². The number of amides is 1. The molecule has 6 heteroatoms. The Hall–Kier alpha value is -1.56. The average Bonchev–Trinajstić information content (AvgIpc) is 2.21. The Morgan fingerprint density at radius 1 is 1.50 bits per heavy atom. The highest BCUT2D eigenvalue weighted by molar-refractivity contribution is 9.10. The molecule has 0 aliphatic carbocycles. The fourth-order valence-corrected chi connectivity index (χ4v) is 1.50. The number of ether oxygens (including phenoxy) is 1. The molecule has 0 aliphatic heterocycles. The van der Waals surface area contributed by atoms with Crippen LogP contribution >= 0.6 is 15.9 Å². The van der Waals surface area contributed by atoms with Gasteiger partial charge in [0.25, 0.3) is 0 Å². The first-order chi connectivity index (χ1) is 7.54. The molecule has 0 fully saturated rings. The molecule has 1 aromatic rings. The van der Waals surface area contributed by atoms with Crippen molar-refractivity contribution < 1.29 is 19.4 Å². The van der Waals surface area contributed by atoms with Crippen LogP contribution in [0.15, 0.2) is 22.7 Å². The Morgan fingerprint density at radius 3 is 2.69 bits per heavy atom. The molecule has 0 spiro atoms. The highest BCUT2D eigenvalue weighted by Gasteiger charge is 2.09. The molecule has 0 saturated carbocycles. The molecule has 16 heavy (non-hydrogen) atoms. The molecule has 0 aliphatic rings. The summed E-state index contributed by atoms with van der Waals surface area (Å²) in [6, 6.07) is 4.29. The third-order valence-corrected chi connectivity index (χ3v) is 2.38. The Balaban J connectivity index is 2.83. The summed E-state index contributed by atoms with van der Waals surface area (Å²) in [6.07, 6.45) is -0.578. The lowest BCUT2D eigenvalue weighted by molar-refractivity contribution is 0.0697. The van der Waals surface area contributed by atoms with Crippen LogP contribution in [0.3, 0.4) is 0 Å². The van der Waals surface area contributed by atoms with Crippen molar-refractivity contribution in [3.05, 3.63) is 28.2 Å². The zero-order valence-corrected chi connectivity index (χ0v) is 10.1. The first-order valence-electron chi connectivity index (χ1n) is 4.51. The number of nitrogens with one attached hydrogen (secondary N) is 1. The summed E-state index contributed by atoms with van der Waals surface area (Å²) in [6.45, 7) is 1.97. The highest BCUT2D eigenvalue weighted by Crippen LogP contribution is 2.23. The van der Waals surface area contributed by atoms with Crippen LogP contribution in [0.1, 0.15) is 17.3 Å². The van der Waals surface area contributed by atoms with Gasteiger partial charge in [-0.25, -0.2) is 9.59 Å². The summed E-state index contributed by atoms with van der Waals surface area (Å²) in [5.41, 5.74) is 0.602.